The Morgan fingerprint density at radius 1 is 1.11 bits per heavy atom. The van der Waals surface area contributed by atoms with Gasteiger partial charge in [0.15, 0.2) is 0 Å². The van der Waals surface area contributed by atoms with E-state index in [9.17, 15) is 0 Å². The van der Waals surface area contributed by atoms with Crippen molar-refractivity contribution in [3.05, 3.63) is 42.7 Å². The Labute approximate surface area is 103 Å². The van der Waals surface area contributed by atoms with E-state index in [2.05, 4.69) is 25.1 Å². The van der Waals surface area contributed by atoms with E-state index < -0.39 is 0 Å². The molecule has 0 spiro atoms. The van der Waals surface area contributed by atoms with E-state index in [0.717, 1.165) is 16.8 Å². The standard InChI is InChI=1S/C12H9N5O/c1-8-10(6-14-7-15-8)12-16-11(17-18-12)9-2-4-13-5-3-9/h2-7H,1H3. The molecule has 0 fully saturated rings. The molecule has 18 heavy (non-hydrogen) atoms. The van der Waals surface area contributed by atoms with Gasteiger partial charge in [0.05, 0.1) is 11.3 Å². The van der Waals surface area contributed by atoms with Gasteiger partial charge in [-0.25, -0.2) is 9.97 Å². The second kappa shape index (κ2) is 4.33. The SMILES string of the molecule is Cc1ncncc1-c1nc(-c2ccncc2)no1. The average Bonchev–Trinajstić information content (AvgIpc) is 2.90. The Hall–Kier alpha value is -2.63. The average molecular weight is 239 g/mol. The van der Waals surface area contributed by atoms with Crippen LogP contribution in [-0.2, 0) is 0 Å². The molecule has 0 aromatic carbocycles. The minimum absolute atomic E-state index is 0.417. The van der Waals surface area contributed by atoms with Gasteiger partial charge in [-0.15, -0.1) is 0 Å². The molecule has 6 heteroatoms. The third-order valence-corrected chi connectivity index (χ3v) is 2.51. The monoisotopic (exact) mass is 239 g/mol. The Morgan fingerprint density at radius 3 is 2.72 bits per heavy atom. The fourth-order valence-electron chi connectivity index (χ4n) is 1.55. The van der Waals surface area contributed by atoms with Crippen molar-refractivity contribution in [2.24, 2.45) is 0 Å². The van der Waals surface area contributed by atoms with Gasteiger partial charge in [-0.05, 0) is 19.1 Å². The number of hydrogen-bond donors (Lipinski definition) is 0. The van der Waals surface area contributed by atoms with Crippen LogP contribution in [-0.4, -0.2) is 25.1 Å². The molecule has 0 saturated carbocycles. The third-order valence-electron chi connectivity index (χ3n) is 2.51. The number of pyridine rings is 1. The molecule has 0 aliphatic heterocycles. The lowest BCUT2D eigenvalue weighted by atomic mass is 10.2. The van der Waals surface area contributed by atoms with Gasteiger partial charge in [0, 0.05) is 24.2 Å². The molecule has 0 unspecified atom stereocenters. The Balaban J connectivity index is 2.03. The predicted octanol–water partition coefficient (Wildman–Crippen LogP) is 1.90. The largest absolute Gasteiger partial charge is 0.333 e. The summed E-state index contributed by atoms with van der Waals surface area (Å²) < 4.78 is 5.22. The van der Waals surface area contributed by atoms with E-state index in [1.54, 1.807) is 18.6 Å². The molecule has 88 valence electrons. The lowest BCUT2D eigenvalue weighted by molar-refractivity contribution is 0.431. The molecule has 0 atom stereocenters. The Kier molecular flexibility index (Phi) is 2.53. The predicted molar refractivity (Wildman–Crippen MR) is 63.3 cm³/mol. The molecule has 0 N–H and O–H groups in total. The van der Waals surface area contributed by atoms with E-state index in [-0.39, 0.29) is 0 Å². The first kappa shape index (κ1) is 10.5. The van der Waals surface area contributed by atoms with Crippen molar-refractivity contribution < 1.29 is 4.52 Å². The number of nitrogens with zero attached hydrogens (tertiary/aromatic N) is 5. The van der Waals surface area contributed by atoms with Crippen LogP contribution in [0, 0.1) is 6.92 Å². The van der Waals surface area contributed by atoms with Crippen LogP contribution in [0.3, 0.4) is 0 Å². The summed E-state index contributed by atoms with van der Waals surface area (Å²) in [6.45, 7) is 1.87. The zero-order valence-corrected chi connectivity index (χ0v) is 9.61. The van der Waals surface area contributed by atoms with Crippen LogP contribution in [0.4, 0.5) is 0 Å². The normalized spacial score (nSPS) is 10.5. The van der Waals surface area contributed by atoms with Gasteiger partial charge in [0.2, 0.25) is 5.82 Å². The van der Waals surface area contributed by atoms with Crippen LogP contribution >= 0.6 is 0 Å². The first-order chi connectivity index (χ1) is 8.84. The summed E-state index contributed by atoms with van der Waals surface area (Å²) in [5, 5.41) is 3.93. The second-order valence-electron chi connectivity index (χ2n) is 3.68. The summed E-state index contributed by atoms with van der Waals surface area (Å²) in [5.74, 6) is 0.940. The molecule has 3 rings (SSSR count). The van der Waals surface area contributed by atoms with Crippen molar-refractivity contribution in [3.63, 3.8) is 0 Å². The van der Waals surface area contributed by atoms with Crippen molar-refractivity contribution in [2.75, 3.05) is 0 Å². The second-order valence-corrected chi connectivity index (χ2v) is 3.68. The highest BCUT2D eigenvalue weighted by Crippen LogP contribution is 2.22. The molecule has 3 aromatic heterocycles. The van der Waals surface area contributed by atoms with Crippen LogP contribution in [0.2, 0.25) is 0 Å². The van der Waals surface area contributed by atoms with Crippen molar-refractivity contribution in [1.82, 2.24) is 25.1 Å². The summed E-state index contributed by atoms with van der Waals surface area (Å²) >= 11 is 0. The van der Waals surface area contributed by atoms with Gasteiger partial charge in [-0.2, -0.15) is 4.98 Å². The molecule has 3 heterocycles. The minimum Gasteiger partial charge on any atom is -0.333 e. The molecule has 0 radical (unpaired) electrons. The molecule has 0 saturated heterocycles. The van der Waals surface area contributed by atoms with Gasteiger partial charge in [-0.3, -0.25) is 4.98 Å². The molecule has 0 amide bonds. The Bertz CT molecular complexity index is 665. The molecule has 0 aliphatic rings. The maximum absolute atomic E-state index is 5.22. The Morgan fingerprint density at radius 2 is 1.94 bits per heavy atom. The number of aryl methyl sites for hydroxylation is 1. The fraction of sp³-hybridized carbons (Fsp3) is 0.0833. The van der Waals surface area contributed by atoms with Crippen molar-refractivity contribution in [2.45, 2.75) is 6.92 Å². The molecular formula is C12H9N5O. The van der Waals surface area contributed by atoms with Crippen LogP contribution in [0.5, 0.6) is 0 Å². The van der Waals surface area contributed by atoms with Gasteiger partial charge < -0.3 is 4.52 Å². The van der Waals surface area contributed by atoms with E-state index in [1.807, 2.05) is 19.1 Å². The summed E-state index contributed by atoms with van der Waals surface area (Å²) in [5.41, 5.74) is 2.40. The molecule has 6 nitrogen and oxygen atoms in total. The van der Waals surface area contributed by atoms with Gasteiger partial charge in [-0.1, -0.05) is 5.16 Å². The van der Waals surface area contributed by atoms with Crippen molar-refractivity contribution in [1.29, 1.82) is 0 Å². The maximum Gasteiger partial charge on any atom is 0.261 e. The topological polar surface area (TPSA) is 77.6 Å². The lowest BCUT2D eigenvalue weighted by Gasteiger charge is -1.96. The minimum atomic E-state index is 0.417. The van der Waals surface area contributed by atoms with E-state index in [4.69, 9.17) is 4.52 Å². The van der Waals surface area contributed by atoms with Crippen LogP contribution in [0.15, 0.2) is 41.6 Å². The highest BCUT2D eigenvalue weighted by atomic mass is 16.5. The number of rotatable bonds is 2. The summed E-state index contributed by atoms with van der Waals surface area (Å²) in [6, 6.07) is 3.64. The lowest BCUT2D eigenvalue weighted by Crippen LogP contribution is -1.89. The highest BCUT2D eigenvalue weighted by molar-refractivity contribution is 5.59. The highest BCUT2D eigenvalue weighted by Gasteiger charge is 2.12. The molecular weight excluding hydrogens is 230 g/mol. The number of hydrogen-bond acceptors (Lipinski definition) is 6. The van der Waals surface area contributed by atoms with Crippen molar-refractivity contribution in [3.8, 4) is 22.8 Å². The van der Waals surface area contributed by atoms with E-state index in [1.165, 1.54) is 6.33 Å². The third kappa shape index (κ3) is 1.84. The first-order valence-corrected chi connectivity index (χ1v) is 5.35. The zero-order chi connectivity index (χ0) is 12.4. The smallest absolute Gasteiger partial charge is 0.261 e. The molecule has 0 aliphatic carbocycles. The molecule has 3 aromatic rings. The van der Waals surface area contributed by atoms with E-state index in [0.29, 0.717) is 11.7 Å². The quantitative estimate of drug-likeness (QED) is 0.679. The van der Waals surface area contributed by atoms with Gasteiger partial charge in [0.1, 0.15) is 6.33 Å². The fourth-order valence-corrected chi connectivity index (χ4v) is 1.55. The summed E-state index contributed by atoms with van der Waals surface area (Å²) in [4.78, 5) is 16.3. The zero-order valence-electron chi connectivity index (χ0n) is 9.61. The van der Waals surface area contributed by atoms with Crippen LogP contribution in [0.1, 0.15) is 5.69 Å². The van der Waals surface area contributed by atoms with Crippen molar-refractivity contribution >= 4 is 0 Å². The summed E-state index contributed by atoms with van der Waals surface area (Å²) in [6.07, 6.45) is 6.51. The first-order valence-electron chi connectivity index (χ1n) is 5.35. The van der Waals surface area contributed by atoms with Gasteiger partial charge >= 0.3 is 0 Å². The van der Waals surface area contributed by atoms with Crippen LogP contribution in [0.25, 0.3) is 22.8 Å². The summed E-state index contributed by atoms with van der Waals surface area (Å²) in [7, 11) is 0. The molecule has 0 bridgehead atoms. The number of aromatic nitrogens is 5. The van der Waals surface area contributed by atoms with Crippen LogP contribution < -0.4 is 0 Å². The van der Waals surface area contributed by atoms with E-state index >= 15 is 0 Å². The van der Waals surface area contributed by atoms with Gasteiger partial charge in [0.25, 0.3) is 5.89 Å². The maximum atomic E-state index is 5.22.